The summed E-state index contributed by atoms with van der Waals surface area (Å²) in [4.78, 5) is 16.7. The summed E-state index contributed by atoms with van der Waals surface area (Å²) < 4.78 is 0. The van der Waals surface area contributed by atoms with Crippen LogP contribution in [0.5, 0.6) is 0 Å². The monoisotopic (exact) mass is 348 g/mol. The minimum atomic E-state index is 0.143. The van der Waals surface area contributed by atoms with E-state index < -0.39 is 0 Å². The molecule has 2 aromatic carbocycles. The number of benzene rings is 2. The predicted molar refractivity (Wildman–Crippen MR) is 105 cm³/mol. The van der Waals surface area contributed by atoms with Crippen molar-refractivity contribution in [2.45, 2.75) is 38.1 Å². The van der Waals surface area contributed by atoms with Crippen LogP contribution in [0.3, 0.4) is 0 Å². The molecular weight excluding hydrogens is 320 g/mol. The molecule has 1 amide bonds. The van der Waals surface area contributed by atoms with Crippen molar-refractivity contribution < 1.29 is 4.79 Å². The normalized spacial score (nSPS) is 19.3. The Morgan fingerprint density at radius 1 is 1.00 bits per heavy atom. The fourth-order valence-electron chi connectivity index (χ4n) is 4.67. The van der Waals surface area contributed by atoms with E-state index in [0.29, 0.717) is 0 Å². The second kappa shape index (κ2) is 7.24. The highest BCUT2D eigenvalue weighted by Gasteiger charge is 2.42. The number of likely N-dealkylation sites (tertiary alicyclic amines) is 1. The van der Waals surface area contributed by atoms with Gasteiger partial charge in [-0.05, 0) is 49.0 Å². The van der Waals surface area contributed by atoms with Crippen LogP contribution in [-0.2, 0) is 23.2 Å². The van der Waals surface area contributed by atoms with Crippen LogP contribution in [0.15, 0.2) is 54.6 Å². The summed E-state index contributed by atoms with van der Waals surface area (Å²) in [5.74, 6) is 0.199. The van der Waals surface area contributed by atoms with Crippen LogP contribution in [0.1, 0.15) is 36.5 Å². The first-order valence-corrected chi connectivity index (χ1v) is 9.76. The quantitative estimate of drug-likeness (QED) is 0.846. The lowest BCUT2D eigenvalue weighted by molar-refractivity contribution is -0.131. The Morgan fingerprint density at radius 3 is 2.42 bits per heavy atom. The minimum absolute atomic E-state index is 0.143. The lowest BCUT2D eigenvalue weighted by Gasteiger charge is -2.48. The molecule has 1 fully saturated rings. The highest BCUT2D eigenvalue weighted by atomic mass is 16.2. The molecule has 3 nitrogen and oxygen atoms in total. The van der Waals surface area contributed by atoms with Gasteiger partial charge in [0.25, 0.3) is 0 Å². The van der Waals surface area contributed by atoms with E-state index in [4.69, 9.17) is 0 Å². The molecule has 0 aliphatic carbocycles. The van der Waals surface area contributed by atoms with E-state index in [2.05, 4.69) is 59.5 Å². The molecule has 0 N–H and O–H groups in total. The van der Waals surface area contributed by atoms with Gasteiger partial charge in [0, 0.05) is 32.0 Å². The molecule has 2 aliphatic rings. The van der Waals surface area contributed by atoms with Gasteiger partial charge in [0.1, 0.15) is 0 Å². The van der Waals surface area contributed by atoms with Crippen molar-refractivity contribution in [2.75, 3.05) is 26.2 Å². The van der Waals surface area contributed by atoms with Crippen molar-refractivity contribution in [3.63, 3.8) is 0 Å². The zero-order chi connectivity index (χ0) is 18.0. The topological polar surface area (TPSA) is 23.6 Å². The van der Waals surface area contributed by atoms with Crippen LogP contribution in [0.2, 0.25) is 0 Å². The molecule has 2 heterocycles. The Hall–Kier alpha value is -2.13. The third-order valence-corrected chi connectivity index (χ3v) is 6.26. The summed E-state index contributed by atoms with van der Waals surface area (Å²) in [6.07, 6.45) is 3.40. The largest absolute Gasteiger partial charge is 0.338 e. The Morgan fingerprint density at radius 2 is 1.69 bits per heavy atom. The fraction of sp³-hybridized carbons (Fsp3) is 0.435. The molecule has 0 bridgehead atoms. The number of fused-ring (bicyclic) bond motifs is 2. The first-order valence-electron chi connectivity index (χ1n) is 9.76. The number of carbonyl (C=O) groups is 1. The van der Waals surface area contributed by atoms with Gasteiger partial charge in [-0.2, -0.15) is 0 Å². The van der Waals surface area contributed by atoms with E-state index in [1.54, 1.807) is 6.92 Å². The molecule has 2 aliphatic heterocycles. The van der Waals surface area contributed by atoms with Gasteiger partial charge in [-0.25, -0.2) is 0 Å². The highest BCUT2D eigenvalue weighted by molar-refractivity contribution is 5.74. The lowest BCUT2D eigenvalue weighted by atomic mass is 9.69. The maximum atomic E-state index is 12.1. The van der Waals surface area contributed by atoms with Gasteiger partial charge in [0.05, 0.1) is 0 Å². The van der Waals surface area contributed by atoms with E-state index in [0.717, 1.165) is 52.0 Å². The van der Waals surface area contributed by atoms with Crippen molar-refractivity contribution in [3.05, 3.63) is 71.3 Å². The average Bonchev–Trinajstić information content (AvgIpc) is 2.68. The molecule has 4 rings (SSSR count). The van der Waals surface area contributed by atoms with Crippen molar-refractivity contribution in [1.29, 1.82) is 0 Å². The van der Waals surface area contributed by atoms with Gasteiger partial charge in [0.15, 0.2) is 0 Å². The molecule has 3 heteroatoms. The van der Waals surface area contributed by atoms with E-state index in [1.165, 1.54) is 16.7 Å². The molecule has 0 saturated carbocycles. The van der Waals surface area contributed by atoms with E-state index in [-0.39, 0.29) is 11.3 Å². The van der Waals surface area contributed by atoms with Crippen LogP contribution in [-0.4, -0.2) is 41.9 Å². The second-order valence-corrected chi connectivity index (χ2v) is 7.89. The number of hydrogen-bond donors (Lipinski definition) is 0. The number of nitrogens with zero attached hydrogens (tertiary/aromatic N) is 2. The highest BCUT2D eigenvalue weighted by Crippen LogP contribution is 2.41. The molecule has 1 spiro atoms. The number of piperidine rings is 1. The van der Waals surface area contributed by atoms with Crippen molar-refractivity contribution in [3.8, 4) is 0 Å². The molecule has 0 unspecified atom stereocenters. The standard InChI is InChI=1S/C23H28N2O/c1-19(26)25-17-21-9-5-6-10-22(21)23(18-25)12-15-24(16-13-23)14-11-20-7-3-2-4-8-20/h2-10H,11-18H2,1H3. The second-order valence-electron chi connectivity index (χ2n) is 7.89. The number of hydrogen-bond acceptors (Lipinski definition) is 2. The summed E-state index contributed by atoms with van der Waals surface area (Å²) in [7, 11) is 0. The molecule has 0 aromatic heterocycles. The Bertz CT molecular complexity index is 763. The predicted octanol–water partition coefficient (Wildman–Crippen LogP) is 3.63. The molecule has 0 radical (unpaired) electrons. The van der Waals surface area contributed by atoms with Crippen LogP contribution in [0.4, 0.5) is 0 Å². The number of rotatable bonds is 3. The van der Waals surface area contributed by atoms with Gasteiger partial charge >= 0.3 is 0 Å². The summed E-state index contributed by atoms with van der Waals surface area (Å²) in [5, 5.41) is 0. The van der Waals surface area contributed by atoms with Crippen molar-refractivity contribution in [2.24, 2.45) is 0 Å². The fourth-order valence-corrected chi connectivity index (χ4v) is 4.67. The zero-order valence-electron chi connectivity index (χ0n) is 15.7. The Balaban J connectivity index is 1.46. The summed E-state index contributed by atoms with van der Waals surface area (Å²) in [5.41, 5.74) is 4.38. The van der Waals surface area contributed by atoms with Crippen molar-refractivity contribution in [1.82, 2.24) is 9.80 Å². The molecule has 26 heavy (non-hydrogen) atoms. The van der Waals surface area contributed by atoms with Gasteiger partial charge < -0.3 is 9.80 Å². The lowest BCUT2D eigenvalue weighted by Crippen LogP contribution is -2.53. The third kappa shape index (κ3) is 3.41. The van der Waals surface area contributed by atoms with E-state index in [1.807, 2.05) is 4.90 Å². The zero-order valence-corrected chi connectivity index (χ0v) is 15.7. The molecule has 1 saturated heterocycles. The van der Waals surface area contributed by atoms with Gasteiger partial charge in [-0.3, -0.25) is 4.79 Å². The summed E-state index contributed by atoms with van der Waals surface area (Å²) >= 11 is 0. The van der Waals surface area contributed by atoms with Gasteiger partial charge in [0.2, 0.25) is 5.91 Å². The molecule has 136 valence electrons. The maximum absolute atomic E-state index is 12.1. The minimum Gasteiger partial charge on any atom is -0.338 e. The smallest absolute Gasteiger partial charge is 0.219 e. The Kier molecular flexibility index (Phi) is 4.82. The SMILES string of the molecule is CC(=O)N1Cc2ccccc2C2(CCN(CCc3ccccc3)CC2)C1. The van der Waals surface area contributed by atoms with Crippen LogP contribution >= 0.6 is 0 Å². The first kappa shape index (κ1) is 17.3. The summed E-state index contributed by atoms with van der Waals surface area (Å²) in [6, 6.07) is 19.5. The van der Waals surface area contributed by atoms with Crippen LogP contribution in [0, 0.1) is 0 Å². The molecular formula is C23H28N2O. The summed E-state index contributed by atoms with van der Waals surface area (Å²) in [6.45, 7) is 6.71. The first-order chi connectivity index (χ1) is 12.7. The van der Waals surface area contributed by atoms with E-state index >= 15 is 0 Å². The number of amides is 1. The molecule has 0 atom stereocenters. The average molecular weight is 348 g/mol. The Labute approximate surface area is 156 Å². The third-order valence-electron chi connectivity index (χ3n) is 6.26. The molecule has 2 aromatic rings. The number of carbonyl (C=O) groups excluding carboxylic acids is 1. The van der Waals surface area contributed by atoms with Gasteiger partial charge in [-0.1, -0.05) is 54.6 Å². The maximum Gasteiger partial charge on any atom is 0.219 e. The van der Waals surface area contributed by atoms with E-state index in [9.17, 15) is 4.79 Å². The van der Waals surface area contributed by atoms with Crippen LogP contribution < -0.4 is 0 Å². The van der Waals surface area contributed by atoms with Gasteiger partial charge in [-0.15, -0.1) is 0 Å². The van der Waals surface area contributed by atoms with Crippen molar-refractivity contribution >= 4 is 5.91 Å². The van der Waals surface area contributed by atoms with Crippen LogP contribution in [0.25, 0.3) is 0 Å².